The Balaban J connectivity index is 1.75. The second-order valence-electron chi connectivity index (χ2n) is 6.55. The first-order valence-corrected chi connectivity index (χ1v) is 11.5. The molecule has 1 aliphatic rings. The monoisotopic (exact) mass is 471 g/mol. The molecule has 1 atom stereocenters. The van der Waals surface area contributed by atoms with Crippen LogP contribution in [-0.2, 0) is 0 Å². The van der Waals surface area contributed by atoms with Gasteiger partial charge in [0.1, 0.15) is 0 Å². The van der Waals surface area contributed by atoms with Crippen molar-refractivity contribution in [1.82, 2.24) is 15.2 Å². The number of rotatable bonds is 5. The summed E-state index contributed by atoms with van der Waals surface area (Å²) in [6.07, 6.45) is 1.54. The minimum atomic E-state index is -0.381. The molecular formula is C21H22BrN5OS. The quantitative estimate of drug-likeness (QED) is 0.501. The molecular weight excluding hydrogens is 450 g/mol. The number of nitrogens with zero attached hydrogens (tertiary/aromatic N) is 4. The summed E-state index contributed by atoms with van der Waals surface area (Å²) in [7, 11) is 0. The van der Waals surface area contributed by atoms with Crippen LogP contribution in [0.3, 0.4) is 0 Å². The summed E-state index contributed by atoms with van der Waals surface area (Å²) in [6, 6.07) is 14.5. The summed E-state index contributed by atoms with van der Waals surface area (Å²) in [5.41, 5.74) is 4.69. The lowest BCUT2D eigenvalue weighted by Crippen LogP contribution is -2.22. The molecule has 0 amide bonds. The van der Waals surface area contributed by atoms with Crippen molar-refractivity contribution < 1.29 is 4.74 Å². The summed E-state index contributed by atoms with van der Waals surface area (Å²) in [5, 5.41) is 12.7. The standard InChI is InChI=1S/C21H22BrN5OS/c1-4-27(5-2)15-9-6-13(7-10-15)19-23-17-11-8-14(22)12-16(17)18-20(28-19)24-21(29-3)26-25-18/h6-12,19,23H,4-5H2,1-3H3/t19-/m1/s1. The lowest BCUT2D eigenvalue weighted by Gasteiger charge is -2.23. The molecule has 0 spiro atoms. The molecule has 0 saturated heterocycles. The topological polar surface area (TPSA) is 63.2 Å². The Kier molecular flexibility index (Phi) is 5.91. The zero-order valence-electron chi connectivity index (χ0n) is 16.5. The highest BCUT2D eigenvalue weighted by Crippen LogP contribution is 2.40. The first-order chi connectivity index (χ1) is 14.1. The first-order valence-electron chi connectivity index (χ1n) is 9.49. The Morgan fingerprint density at radius 3 is 2.55 bits per heavy atom. The number of hydrogen-bond donors (Lipinski definition) is 1. The molecule has 0 radical (unpaired) electrons. The van der Waals surface area contributed by atoms with E-state index in [0.29, 0.717) is 16.7 Å². The molecule has 6 nitrogen and oxygen atoms in total. The van der Waals surface area contributed by atoms with Crippen LogP contribution >= 0.6 is 27.7 Å². The van der Waals surface area contributed by atoms with Crippen LogP contribution in [0.2, 0.25) is 0 Å². The smallest absolute Gasteiger partial charge is 0.247 e. The molecule has 3 aromatic rings. The third-order valence-corrected chi connectivity index (χ3v) is 5.93. The number of anilines is 2. The molecule has 0 saturated carbocycles. The van der Waals surface area contributed by atoms with Gasteiger partial charge in [0.25, 0.3) is 0 Å². The predicted molar refractivity (Wildman–Crippen MR) is 122 cm³/mol. The average Bonchev–Trinajstić information content (AvgIpc) is 2.91. The lowest BCUT2D eigenvalue weighted by molar-refractivity contribution is 0.225. The number of fused-ring (bicyclic) bond motifs is 3. The third kappa shape index (κ3) is 4.04. The van der Waals surface area contributed by atoms with Gasteiger partial charge in [-0.25, -0.2) is 0 Å². The molecule has 8 heteroatoms. The van der Waals surface area contributed by atoms with Crippen molar-refractivity contribution in [2.45, 2.75) is 25.2 Å². The number of aromatic nitrogens is 3. The molecule has 1 aromatic heterocycles. The van der Waals surface area contributed by atoms with Gasteiger partial charge in [-0.3, -0.25) is 0 Å². The zero-order chi connectivity index (χ0) is 20.4. The molecule has 4 rings (SSSR count). The molecule has 29 heavy (non-hydrogen) atoms. The predicted octanol–water partition coefficient (Wildman–Crippen LogP) is 5.37. The highest BCUT2D eigenvalue weighted by molar-refractivity contribution is 9.10. The molecule has 0 unspecified atom stereocenters. The molecule has 2 aromatic carbocycles. The summed E-state index contributed by atoms with van der Waals surface area (Å²) in [6.45, 7) is 6.28. The number of hydrogen-bond acceptors (Lipinski definition) is 7. The molecule has 2 heterocycles. The maximum Gasteiger partial charge on any atom is 0.247 e. The maximum absolute atomic E-state index is 6.29. The third-order valence-electron chi connectivity index (χ3n) is 4.90. The van der Waals surface area contributed by atoms with Gasteiger partial charge in [-0.2, -0.15) is 4.98 Å². The van der Waals surface area contributed by atoms with Gasteiger partial charge in [-0.1, -0.05) is 39.8 Å². The number of benzene rings is 2. The zero-order valence-corrected chi connectivity index (χ0v) is 18.9. The van der Waals surface area contributed by atoms with E-state index in [9.17, 15) is 0 Å². The molecule has 1 aliphatic heterocycles. The van der Waals surface area contributed by atoms with Gasteiger partial charge in [0, 0.05) is 40.1 Å². The van der Waals surface area contributed by atoms with E-state index in [-0.39, 0.29) is 6.23 Å². The Bertz CT molecular complexity index is 1010. The van der Waals surface area contributed by atoms with E-state index >= 15 is 0 Å². The van der Waals surface area contributed by atoms with Gasteiger partial charge >= 0.3 is 0 Å². The van der Waals surface area contributed by atoms with E-state index < -0.39 is 0 Å². The van der Waals surface area contributed by atoms with Gasteiger partial charge in [0.2, 0.25) is 11.0 Å². The van der Waals surface area contributed by atoms with E-state index in [2.05, 4.69) is 79.4 Å². The van der Waals surface area contributed by atoms with Gasteiger partial charge in [-0.05, 0) is 50.4 Å². The van der Waals surface area contributed by atoms with Gasteiger partial charge in [-0.15, -0.1) is 10.2 Å². The number of thioether (sulfide) groups is 1. The Morgan fingerprint density at radius 2 is 1.86 bits per heavy atom. The van der Waals surface area contributed by atoms with E-state index in [1.807, 2.05) is 24.5 Å². The maximum atomic E-state index is 6.29. The van der Waals surface area contributed by atoms with Crippen LogP contribution in [0.25, 0.3) is 11.3 Å². The van der Waals surface area contributed by atoms with Crippen molar-refractivity contribution in [3.05, 3.63) is 52.5 Å². The second-order valence-corrected chi connectivity index (χ2v) is 8.24. The SMILES string of the molecule is CCN(CC)c1ccc([C@@H]2Nc3ccc(Br)cc3-c3nnc(SC)nc3O2)cc1. The van der Waals surface area contributed by atoms with Crippen molar-refractivity contribution in [1.29, 1.82) is 0 Å². The summed E-state index contributed by atoms with van der Waals surface area (Å²) < 4.78 is 7.25. The number of nitrogens with one attached hydrogen (secondary N) is 1. The minimum Gasteiger partial charge on any atom is -0.448 e. The average molecular weight is 472 g/mol. The molecule has 0 fully saturated rings. The van der Waals surface area contributed by atoms with Crippen LogP contribution < -0.4 is 15.0 Å². The summed E-state index contributed by atoms with van der Waals surface area (Å²) in [4.78, 5) is 6.89. The van der Waals surface area contributed by atoms with Crippen molar-refractivity contribution in [3.63, 3.8) is 0 Å². The summed E-state index contributed by atoms with van der Waals surface area (Å²) >= 11 is 4.99. The molecule has 1 N–H and O–H groups in total. The second kappa shape index (κ2) is 8.59. The minimum absolute atomic E-state index is 0.381. The van der Waals surface area contributed by atoms with Gasteiger partial charge < -0.3 is 15.0 Å². The highest BCUT2D eigenvalue weighted by Gasteiger charge is 2.26. The summed E-state index contributed by atoms with van der Waals surface area (Å²) in [5.74, 6) is 0.478. The van der Waals surface area contributed by atoms with E-state index in [4.69, 9.17) is 4.74 Å². The fraction of sp³-hybridized carbons (Fsp3) is 0.286. The molecule has 0 aliphatic carbocycles. The van der Waals surface area contributed by atoms with Crippen LogP contribution in [0.5, 0.6) is 5.88 Å². The molecule has 0 bridgehead atoms. The lowest BCUT2D eigenvalue weighted by atomic mass is 10.1. The van der Waals surface area contributed by atoms with E-state index in [1.54, 1.807) is 0 Å². The van der Waals surface area contributed by atoms with Gasteiger partial charge in [0.05, 0.1) is 0 Å². The number of halogens is 1. The van der Waals surface area contributed by atoms with Crippen LogP contribution in [0.4, 0.5) is 11.4 Å². The van der Waals surface area contributed by atoms with E-state index in [1.165, 1.54) is 17.4 Å². The normalized spacial score (nSPS) is 14.8. The Morgan fingerprint density at radius 1 is 1.10 bits per heavy atom. The highest BCUT2D eigenvalue weighted by atomic mass is 79.9. The largest absolute Gasteiger partial charge is 0.448 e. The van der Waals surface area contributed by atoms with Crippen LogP contribution in [-0.4, -0.2) is 34.5 Å². The molecule has 150 valence electrons. The van der Waals surface area contributed by atoms with Crippen molar-refractivity contribution in [3.8, 4) is 17.1 Å². The fourth-order valence-corrected chi connectivity index (χ4v) is 4.01. The Hall–Kier alpha value is -2.32. The van der Waals surface area contributed by atoms with Crippen molar-refractivity contribution in [2.24, 2.45) is 0 Å². The van der Waals surface area contributed by atoms with Gasteiger partial charge in [0.15, 0.2) is 11.9 Å². The van der Waals surface area contributed by atoms with Crippen molar-refractivity contribution in [2.75, 3.05) is 29.6 Å². The van der Waals surface area contributed by atoms with Crippen LogP contribution in [0, 0.1) is 0 Å². The van der Waals surface area contributed by atoms with Crippen LogP contribution in [0.1, 0.15) is 25.6 Å². The van der Waals surface area contributed by atoms with Crippen molar-refractivity contribution >= 4 is 39.1 Å². The Labute approximate surface area is 183 Å². The van der Waals surface area contributed by atoms with Crippen LogP contribution in [0.15, 0.2) is 52.1 Å². The fourth-order valence-electron chi connectivity index (χ4n) is 3.36. The first kappa shape index (κ1) is 20.0. The van der Waals surface area contributed by atoms with E-state index in [0.717, 1.165) is 34.4 Å². The number of ether oxygens (including phenoxy) is 1.